The molecule has 2 aromatic rings. The maximum absolute atomic E-state index is 14.5. The molecule has 1 fully saturated rings. The van der Waals surface area contributed by atoms with Crippen LogP contribution in [0, 0.1) is 11.6 Å². The Labute approximate surface area is 174 Å². The van der Waals surface area contributed by atoms with E-state index in [0.29, 0.717) is 23.4 Å². The Bertz CT molecular complexity index is 859. The molecule has 1 saturated heterocycles. The Morgan fingerprint density at radius 1 is 1.14 bits per heavy atom. The number of hydrogen-bond acceptors (Lipinski definition) is 4. The highest BCUT2D eigenvalue weighted by atomic mass is 35.5. The van der Waals surface area contributed by atoms with Gasteiger partial charge in [0.15, 0.2) is 11.6 Å². The van der Waals surface area contributed by atoms with Crippen molar-refractivity contribution in [3.63, 3.8) is 0 Å². The largest absolute Gasteiger partial charge is 0.488 e. The van der Waals surface area contributed by atoms with E-state index in [0.717, 1.165) is 5.56 Å². The lowest BCUT2D eigenvalue weighted by Crippen LogP contribution is -2.33. The van der Waals surface area contributed by atoms with Crippen molar-refractivity contribution < 1.29 is 28.5 Å². The molecule has 0 aromatic heterocycles. The van der Waals surface area contributed by atoms with E-state index in [1.807, 2.05) is 0 Å². The molecule has 2 aromatic carbocycles. The van der Waals surface area contributed by atoms with Crippen molar-refractivity contribution in [2.45, 2.75) is 57.5 Å². The van der Waals surface area contributed by atoms with Crippen molar-refractivity contribution in [3.8, 4) is 5.75 Å². The number of benzene rings is 2. The van der Waals surface area contributed by atoms with E-state index in [1.54, 1.807) is 32.0 Å². The van der Waals surface area contributed by atoms with E-state index in [-0.39, 0.29) is 30.4 Å². The normalized spacial score (nSPS) is 22.1. The second-order valence-corrected chi connectivity index (χ2v) is 8.01. The monoisotopic (exact) mass is 426 g/mol. The summed E-state index contributed by atoms with van der Waals surface area (Å²) in [4.78, 5) is 0. The molecule has 0 spiro atoms. The number of aliphatic hydroxyl groups excluding tert-OH is 2. The van der Waals surface area contributed by atoms with Gasteiger partial charge in [-0.25, -0.2) is 4.39 Å². The van der Waals surface area contributed by atoms with Crippen LogP contribution in [0.3, 0.4) is 0 Å². The predicted octanol–water partition coefficient (Wildman–Crippen LogP) is 4.57. The van der Waals surface area contributed by atoms with E-state index in [9.17, 15) is 19.0 Å². The van der Waals surface area contributed by atoms with Crippen molar-refractivity contribution in [1.29, 1.82) is 0 Å². The van der Waals surface area contributed by atoms with E-state index < -0.39 is 29.9 Å². The molecule has 0 saturated carbocycles. The van der Waals surface area contributed by atoms with E-state index in [4.69, 9.17) is 21.1 Å². The number of rotatable bonds is 6. The summed E-state index contributed by atoms with van der Waals surface area (Å²) in [5.41, 5.74) is 1.54. The first-order chi connectivity index (χ1) is 13.8. The Morgan fingerprint density at radius 2 is 1.90 bits per heavy atom. The second-order valence-electron chi connectivity index (χ2n) is 7.60. The molecule has 7 heteroatoms. The minimum Gasteiger partial charge on any atom is -0.488 e. The molecular formula is C22H25ClF2O4. The van der Waals surface area contributed by atoms with Gasteiger partial charge in [0, 0.05) is 24.3 Å². The summed E-state index contributed by atoms with van der Waals surface area (Å²) >= 11 is 6.29. The average Bonchev–Trinajstić information content (AvgIpc) is 2.68. The van der Waals surface area contributed by atoms with Gasteiger partial charge in [0.05, 0.1) is 31.0 Å². The molecule has 0 radical (unpaired) electrons. The van der Waals surface area contributed by atoms with Crippen LogP contribution < -0.4 is 4.74 Å². The molecule has 4 nitrogen and oxygen atoms in total. The van der Waals surface area contributed by atoms with Crippen molar-refractivity contribution >= 4 is 11.6 Å². The van der Waals surface area contributed by atoms with Crippen molar-refractivity contribution in [1.82, 2.24) is 0 Å². The maximum atomic E-state index is 14.5. The third-order valence-electron chi connectivity index (χ3n) is 4.89. The molecule has 29 heavy (non-hydrogen) atoms. The molecule has 158 valence electrons. The van der Waals surface area contributed by atoms with Gasteiger partial charge in [-0.3, -0.25) is 0 Å². The highest BCUT2D eigenvalue weighted by molar-refractivity contribution is 6.31. The minimum absolute atomic E-state index is 0.0933. The Hall–Kier alpha value is -1.73. The second kappa shape index (κ2) is 9.39. The van der Waals surface area contributed by atoms with E-state index in [2.05, 4.69) is 0 Å². The first-order valence-corrected chi connectivity index (χ1v) is 10.0. The van der Waals surface area contributed by atoms with Gasteiger partial charge in [-0.15, -0.1) is 0 Å². The van der Waals surface area contributed by atoms with Crippen molar-refractivity contribution in [3.05, 3.63) is 63.7 Å². The highest BCUT2D eigenvalue weighted by Gasteiger charge is 2.29. The van der Waals surface area contributed by atoms with Gasteiger partial charge >= 0.3 is 0 Å². The number of halogens is 3. The van der Waals surface area contributed by atoms with E-state index >= 15 is 0 Å². The van der Waals surface area contributed by atoms with Gasteiger partial charge in [-0.05, 0) is 42.7 Å². The van der Waals surface area contributed by atoms with Crippen LogP contribution >= 0.6 is 11.6 Å². The molecule has 0 aliphatic carbocycles. The topological polar surface area (TPSA) is 58.9 Å². The van der Waals surface area contributed by atoms with Crippen LogP contribution in [-0.4, -0.2) is 35.1 Å². The molecular weight excluding hydrogens is 402 g/mol. The summed E-state index contributed by atoms with van der Waals surface area (Å²) < 4.78 is 40.0. The van der Waals surface area contributed by atoms with Crippen LogP contribution in [-0.2, 0) is 11.2 Å². The van der Waals surface area contributed by atoms with Gasteiger partial charge in [0.2, 0.25) is 5.82 Å². The zero-order valence-electron chi connectivity index (χ0n) is 16.4. The quantitative estimate of drug-likeness (QED) is 0.710. The van der Waals surface area contributed by atoms with Gasteiger partial charge in [-0.1, -0.05) is 29.8 Å². The van der Waals surface area contributed by atoms with Gasteiger partial charge in [0.25, 0.3) is 0 Å². The van der Waals surface area contributed by atoms with Gasteiger partial charge in [-0.2, -0.15) is 4.39 Å². The number of ether oxygens (including phenoxy) is 2. The Balaban J connectivity index is 1.85. The summed E-state index contributed by atoms with van der Waals surface area (Å²) in [6.45, 7) is 3.30. The van der Waals surface area contributed by atoms with Crippen LogP contribution in [0.1, 0.15) is 49.5 Å². The van der Waals surface area contributed by atoms with E-state index in [1.165, 1.54) is 12.1 Å². The fourth-order valence-electron chi connectivity index (χ4n) is 3.51. The third kappa shape index (κ3) is 5.25. The average molecular weight is 427 g/mol. The lowest BCUT2D eigenvalue weighted by Gasteiger charge is -2.32. The summed E-state index contributed by atoms with van der Waals surface area (Å²) in [7, 11) is 0. The molecule has 1 aliphatic rings. The fraction of sp³-hybridized carbons (Fsp3) is 0.455. The lowest BCUT2D eigenvalue weighted by molar-refractivity contribution is -0.113. The minimum atomic E-state index is -1.02. The lowest BCUT2D eigenvalue weighted by atomic mass is 9.94. The zero-order chi connectivity index (χ0) is 21.1. The van der Waals surface area contributed by atoms with Crippen LogP contribution in [0.25, 0.3) is 0 Å². The first-order valence-electron chi connectivity index (χ1n) is 9.64. The van der Waals surface area contributed by atoms with Crippen LogP contribution in [0.5, 0.6) is 5.75 Å². The Morgan fingerprint density at radius 3 is 2.59 bits per heavy atom. The van der Waals surface area contributed by atoms with Crippen molar-refractivity contribution in [2.75, 3.05) is 6.61 Å². The van der Waals surface area contributed by atoms with Gasteiger partial charge < -0.3 is 19.7 Å². The maximum Gasteiger partial charge on any atom is 0.200 e. The molecule has 3 rings (SSSR count). The molecule has 2 N–H and O–H groups in total. The summed E-state index contributed by atoms with van der Waals surface area (Å²) in [5, 5.41) is 19.8. The molecule has 1 aliphatic heterocycles. The van der Waals surface area contributed by atoms with Crippen LogP contribution in [0.15, 0.2) is 30.3 Å². The third-order valence-corrected chi connectivity index (χ3v) is 5.26. The molecule has 0 amide bonds. The standard InChI is InChI=1S/C22H25ClF2O4/c1-12(2)28-19-6-4-14(21(24)22(19)25)8-15-7-13(3-5-18(15)23)20-10-16(27)9-17(11-26)29-20/h3-7,12,16-17,20,26-27H,8-11H2,1-2H3/t16-,17-,20+/m0/s1. The van der Waals surface area contributed by atoms with Crippen molar-refractivity contribution in [2.24, 2.45) is 0 Å². The zero-order valence-corrected chi connectivity index (χ0v) is 17.1. The molecule has 1 heterocycles. The number of hydrogen-bond donors (Lipinski definition) is 2. The molecule has 3 atom stereocenters. The fourth-order valence-corrected chi connectivity index (χ4v) is 3.70. The number of aliphatic hydroxyl groups is 2. The SMILES string of the molecule is CC(C)Oc1ccc(Cc2cc([C@H]3C[C@@H](O)C[C@@H](CO)O3)ccc2Cl)c(F)c1F. The van der Waals surface area contributed by atoms with Crippen LogP contribution in [0.4, 0.5) is 8.78 Å². The Kier molecular flexibility index (Phi) is 7.11. The first kappa shape index (κ1) is 22.0. The predicted molar refractivity (Wildman–Crippen MR) is 106 cm³/mol. The van der Waals surface area contributed by atoms with Gasteiger partial charge in [0.1, 0.15) is 0 Å². The summed E-state index contributed by atoms with van der Waals surface area (Å²) in [6.07, 6.45) is -0.835. The highest BCUT2D eigenvalue weighted by Crippen LogP contribution is 2.34. The smallest absolute Gasteiger partial charge is 0.200 e. The van der Waals surface area contributed by atoms with Crippen LogP contribution in [0.2, 0.25) is 5.02 Å². The molecule has 0 bridgehead atoms. The summed E-state index contributed by atoms with van der Waals surface area (Å²) in [6, 6.07) is 8.13. The molecule has 0 unspecified atom stereocenters. The summed E-state index contributed by atoms with van der Waals surface area (Å²) in [5.74, 6) is -2.11.